The lowest BCUT2D eigenvalue weighted by molar-refractivity contribution is 0.874. The lowest BCUT2D eigenvalue weighted by atomic mass is 9.86. The third-order valence-corrected chi connectivity index (χ3v) is 2.87. The number of benzene rings is 1. The van der Waals surface area contributed by atoms with Crippen LogP contribution in [0.4, 0.5) is 0 Å². The van der Waals surface area contributed by atoms with Gasteiger partial charge in [0.05, 0.1) is 0 Å². The molecule has 0 saturated heterocycles. The van der Waals surface area contributed by atoms with E-state index in [2.05, 4.69) is 44.3 Å². The quantitative estimate of drug-likeness (QED) is 0.675. The van der Waals surface area contributed by atoms with E-state index in [0.717, 1.165) is 18.5 Å². The Kier molecular flexibility index (Phi) is 2.95. The molecule has 0 bridgehead atoms. The van der Waals surface area contributed by atoms with Crippen molar-refractivity contribution in [2.75, 3.05) is 0 Å². The summed E-state index contributed by atoms with van der Waals surface area (Å²) in [4.78, 5) is 0. The molecule has 0 fully saturated rings. The van der Waals surface area contributed by atoms with Gasteiger partial charge in [-0.3, -0.25) is 0 Å². The average molecular weight is 197 g/mol. The van der Waals surface area contributed by atoms with Crippen molar-refractivity contribution in [2.45, 2.75) is 19.3 Å². The first-order valence-corrected chi connectivity index (χ1v) is 5.51. The standard InChI is InChI=1S/C13H16BN/c14-12-8-5-4-6-10(12)11-7-2-1-3-9-13(11)15/h4-9H,1-3,14-15H2. The van der Waals surface area contributed by atoms with E-state index in [4.69, 9.17) is 5.73 Å². The van der Waals surface area contributed by atoms with Gasteiger partial charge in [0.25, 0.3) is 0 Å². The molecule has 0 heterocycles. The van der Waals surface area contributed by atoms with Crippen molar-refractivity contribution < 1.29 is 0 Å². The van der Waals surface area contributed by atoms with Crippen LogP contribution in [-0.2, 0) is 0 Å². The molecule has 0 spiro atoms. The summed E-state index contributed by atoms with van der Waals surface area (Å²) in [7, 11) is 2.13. The second kappa shape index (κ2) is 4.39. The molecule has 15 heavy (non-hydrogen) atoms. The minimum atomic E-state index is 0.932. The Labute approximate surface area is 92.1 Å². The Balaban J connectivity index is 2.45. The molecular formula is C13H16BN. The largest absolute Gasteiger partial charge is 0.398 e. The van der Waals surface area contributed by atoms with Gasteiger partial charge in [0.2, 0.25) is 0 Å². The second-order valence-corrected chi connectivity index (χ2v) is 4.02. The molecule has 1 aromatic rings. The normalized spacial score (nSPS) is 16.5. The summed E-state index contributed by atoms with van der Waals surface area (Å²) in [6.07, 6.45) is 7.83. The molecule has 1 aliphatic carbocycles. The van der Waals surface area contributed by atoms with E-state index < -0.39 is 0 Å². The van der Waals surface area contributed by atoms with Crippen molar-refractivity contribution in [3.05, 3.63) is 47.7 Å². The fourth-order valence-corrected chi connectivity index (χ4v) is 1.99. The van der Waals surface area contributed by atoms with Gasteiger partial charge in [0, 0.05) is 5.70 Å². The molecule has 0 amide bonds. The van der Waals surface area contributed by atoms with Gasteiger partial charge in [-0.05, 0) is 30.4 Å². The summed E-state index contributed by atoms with van der Waals surface area (Å²) in [5, 5.41) is 0. The van der Waals surface area contributed by atoms with E-state index in [1.807, 2.05) is 0 Å². The lowest BCUT2D eigenvalue weighted by Crippen LogP contribution is -2.12. The summed E-state index contributed by atoms with van der Waals surface area (Å²) < 4.78 is 0. The van der Waals surface area contributed by atoms with Gasteiger partial charge in [0.1, 0.15) is 7.85 Å². The van der Waals surface area contributed by atoms with Crippen molar-refractivity contribution in [2.24, 2.45) is 5.73 Å². The zero-order chi connectivity index (χ0) is 10.7. The Bertz CT molecular complexity index is 418. The van der Waals surface area contributed by atoms with Crippen molar-refractivity contribution in [3.8, 4) is 0 Å². The van der Waals surface area contributed by atoms with Crippen LogP contribution < -0.4 is 11.2 Å². The van der Waals surface area contributed by atoms with Gasteiger partial charge < -0.3 is 5.73 Å². The van der Waals surface area contributed by atoms with Crippen molar-refractivity contribution in [1.82, 2.24) is 0 Å². The number of nitrogens with two attached hydrogens (primary N) is 1. The van der Waals surface area contributed by atoms with Crippen LogP contribution in [0, 0.1) is 0 Å². The summed E-state index contributed by atoms with van der Waals surface area (Å²) in [5.41, 5.74) is 10.8. The van der Waals surface area contributed by atoms with Crippen LogP contribution in [0.3, 0.4) is 0 Å². The van der Waals surface area contributed by atoms with Gasteiger partial charge in [-0.1, -0.05) is 41.9 Å². The maximum Gasteiger partial charge on any atom is 0.140 e. The fraction of sp³-hybridized carbons (Fsp3) is 0.231. The van der Waals surface area contributed by atoms with E-state index in [-0.39, 0.29) is 0 Å². The Morgan fingerprint density at radius 2 is 1.80 bits per heavy atom. The maximum absolute atomic E-state index is 6.07. The van der Waals surface area contributed by atoms with Crippen LogP contribution in [0.1, 0.15) is 24.8 Å². The molecule has 0 saturated carbocycles. The van der Waals surface area contributed by atoms with E-state index in [1.54, 1.807) is 0 Å². The second-order valence-electron chi connectivity index (χ2n) is 4.02. The smallest absolute Gasteiger partial charge is 0.140 e. The maximum atomic E-state index is 6.07. The number of hydrogen-bond acceptors (Lipinski definition) is 1. The van der Waals surface area contributed by atoms with Crippen LogP contribution in [-0.4, -0.2) is 7.85 Å². The molecule has 76 valence electrons. The highest BCUT2D eigenvalue weighted by atomic mass is 14.6. The van der Waals surface area contributed by atoms with Crippen molar-refractivity contribution in [3.63, 3.8) is 0 Å². The molecule has 0 aliphatic heterocycles. The fourth-order valence-electron chi connectivity index (χ4n) is 1.99. The SMILES string of the molecule is Bc1ccccc1C1=CCCCC=C1N. The van der Waals surface area contributed by atoms with Gasteiger partial charge in [0.15, 0.2) is 0 Å². The van der Waals surface area contributed by atoms with E-state index in [1.165, 1.54) is 23.0 Å². The van der Waals surface area contributed by atoms with Crippen LogP contribution in [0.5, 0.6) is 0 Å². The van der Waals surface area contributed by atoms with Crippen LogP contribution in [0.2, 0.25) is 0 Å². The number of allylic oxidation sites excluding steroid dienone is 3. The van der Waals surface area contributed by atoms with Gasteiger partial charge >= 0.3 is 0 Å². The van der Waals surface area contributed by atoms with Crippen molar-refractivity contribution >= 4 is 18.9 Å². The number of hydrogen-bond donors (Lipinski definition) is 1. The molecular weight excluding hydrogens is 181 g/mol. The van der Waals surface area contributed by atoms with E-state index in [9.17, 15) is 0 Å². The van der Waals surface area contributed by atoms with Crippen LogP contribution >= 0.6 is 0 Å². The minimum absolute atomic E-state index is 0.932. The predicted octanol–water partition coefficient (Wildman–Crippen LogP) is 1.35. The van der Waals surface area contributed by atoms with E-state index in [0.29, 0.717) is 0 Å². The average Bonchev–Trinajstić information content (AvgIpc) is 2.44. The molecule has 2 heteroatoms. The van der Waals surface area contributed by atoms with Crippen molar-refractivity contribution in [1.29, 1.82) is 0 Å². The van der Waals surface area contributed by atoms with Gasteiger partial charge in [-0.25, -0.2) is 0 Å². The first-order valence-electron chi connectivity index (χ1n) is 5.51. The highest BCUT2D eigenvalue weighted by Gasteiger charge is 2.08. The highest BCUT2D eigenvalue weighted by molar-refractivity contribution is 6.34. The van der Waals surface area contributed by atoms with Gasteiger partial charge in [-0.2, -0.15) is 0 Å². The zero-order valence-corrected chi connectivity index (χ0v) is 9.16. The summed E-state index contributed by atoms with van der Waals surface area (Å²) in [6.45, 7) is 0. The first-order chi connectivity index (χ1) is 7.29. The summed E-state index contributed by atoms with van der Waals surface area (Å²) >= 11 is 0. The third kappa shape index (κ3) is 2.15. The summed E-state index contributed by atoms with van der Waals surface area (Å²) in [6, 6.07) is 8.42. The Morgan fingerprint density at radius 1 is 1.07 bits per heavy atom. The molecule has 2 N–H and O–H groups in total. The monoisotopic (exact) mass is 197 g/mol. The zero-order valence-electron chi connectivity index (χ0n) is 9.16. The summed E-state index contributed by atoms with van der Waals surface area (Å²) in [5.74, 6) is 0. The Hall–Kier alpha value is -1.44. The molecule has 1 aliphatic rings. The number of rotatable bonds is 1. The van der Waals surface area contributed by atoms with Gasteiger partial charge in [-0.15, -0.1) is 0 Å². The van der Waals surface area contributed by atoms with E-state index >= 15 is 0 Å². The molecule has 1 aromatic carbocycles. The van der Waals surface area contributed by atoms with Crippen LogP contribution in [0.25, 0.3) is 5.57 Å². The molecule has 2 rings (SSSR count). The molecule has 0 atom stereocenters. The lowest BCUT2D eigenvalue weighted by Gasteiger charge is -2.10. The molecule has 1 nitrogen and oxygen atoms in total. The topological polar surface area (TPSA) is 26.0 Å². The highest BCUT2D eigenvalue weighted by Crippen LogP contribution is 2.22. The molecule has 0 aromatic heterocycles. The molecule has 0 unspecified atom stereocenters. The first kappa shape index (κ1) is 10.1. The Morgan fingerprint density at radius 3 is 2.60 bits per heavy atom. The minimum Gasteiger partial charge on any atom is -0.398 e. The third-order valence-electron chi connectivity index (χ3n) is 2.87. The molecule has 0 radical (unpaired) electrons. The van der Waals surface area contributed by atoms with Crippen LogP contribution in [0.15, 0.2) is 42.1 Å². The predicted molar refractivity (Wildman–Crippen MR) is 68.7 cm³/mol.